The first-order valence-electron chi connectivity index (χ1n) is 7.30. The summed E-state index contributed by atoms with van der Waals surface area (Å²) in [7, 11) is 0. The number of hydrogen-bond donors (Lipinski definition) is 0. The molecule has 3 heterocycles. The van der Waals surface area contributed by atoms with Crippen LogP contribution in [0.25, 0.3) is 0 Å². The molecule has 1 fully saturated rings. The largest absolute Gasteiger partial charge is 0.355 e. The normalized spacial score (nSPS) is 15.0. The van der Waals surface area contributed by atoms with Gasteiger partial charge in [-0.1, -0.05) is 13.8 Å². The summed E-state index contributed by atoms with van der Waals surface area (Å²) in [4.78, 5) is 10.9. The number of aromatic nitrogens is 3. The second kappa shape index (κ2) is 5.57. The van der Waals surface area contributed by atoms with Gasteiger partial charge in [0.05, 0.1) is 5.56 Å². The second-order valence-electron chi connectivity index (χ2n) is 5.85. The van der Waals surface area contributed by atoms with E-state index in [4.69, 9.17) is 5.26 Å². The Balaban J connectivity index is 1.64. The monoisotopic (exact) mass is 281 g/mol. The zero-order valence-electron chi connectivity index (χ0n) is 12.4. The van der Waals surface area contributed by atoms with E-state index >= 15 is 0 Å². The van der Waals surface area contributed by atoms with E-state index < -0.39 is 0 Å². The Hall–Kier alpha value is -2.35. The molecule has 3 rings (SSSR count). The Morgan fingerprint density at radius 3 is 2.86 bits per heavy atom. The van der Waals surface area contributed by atoms with Gasteiger partial charge < -0.3 is 9.47 Å². The van der Waals surface area contributed by atoms with Crippen molar-refractivity contribution in [1.29, 1.82) is 5.26 Å². The highest BCUT2D eigenvalue weighted by atomic mass is 15.2. The van der Waals surface area contributed by atoms with Crippen LogP contribution in [0.4, 0.5) is 5.82 Å². The summed E-state index contributed by atoms with van der Waals surface area (Å²) in [6, 6.07) is 5.84. The predicted octanol–water partition coefficient (Wildman–Crippen LogP) is 2.41. The van der Waals surface area contributed by atoms with Crippen molar-refractivity contribution in [3.05, 3.63) is 42.1 Å². The maximum atomic E-state index is 9.13. The Morgan fingerprint density at radius 2 is 2.14 bits per heavy atom. The third-order valence-corrected chi connectivity index (χ3v) is 3.88. The van der Waals surface area contributed by atoms with Crippen molar-refractivity contribution in [3.63, 3.8) is 0 Å². The van der Waals surface area contributed by atoms with Gasteiger partial charge in [-0.05, 0) is 12.1 Å². The Bertz CT molecular complexity index is 661. The Labute approximate surface area is 124 Å². The van der Waals surface area contributed by atoms with Gasteiger partial charge in [-0.15, -0.1) is 0 Å². The molecule has 1 aliphatic rings. The van der Waals surface area contributed by atoms with Gasteiger partial charge in [0, 0.05) is 50.1 Å². The lowest BCUT2D eigenvalue weighted by Gasteiger charge is -2.40. The molecule has 0 N–H and O–H groups in total. The molecule has 0 radical (unpaired) electrons. The molecule has 0 unspecified atom stereocenters. The van der Waals surface area contributed by atoms with Gasteiger partial charge in [0.25, 0.3) is 0 Å². The highest BCUT2D eigenvalue weighted by Gasteiger charge is 2.30. The highest BCUT2D eigenvalue weighted by Crippen LogP contribution is 2.27. The van der Waals surface area contributed by atoms with Crippen molar-refractivity contribution in [3.8, 4) is 6.07 Å². The summed E-state index contributed by atoms with van der Waals surface area (Å²) in [5, 5.41) is 9.13. The smallest absolute Gasteiger partial charge is 0.146 e. The number of rotatable bonds is 4. The molecule has 2 aromatic heterocycles. The van der Waals surface area contributed by atoms with Gasteiger partial charge in [0.1, 0.15) is 17.7 Å². The number of imidazole rings is 1. The number of hydrogen-bond acceptors (Lipinski definition) is 4. The molecule has 2 aromatic rings. The van der Waals surface area contributed by atoms with E-state index in [1.54, 1.807) is 12.3 Å². The fourth-order valence-corrected chi connectivity index (χ4v) is 2.85. The first-order chi connectivity index (χ1) is 10.2. The third kappa shape index (κ3) is 2.62. The summed E-state index contributed by atoms with van der Waals surface area (Å²) in [5.41, 5.74) is 0.654. The number of pyridine rings is 1. The van der Waals surface area contributed by atoms with Crippen molar-refractivity contribution in [2.75, 3.05) is 18.0 Å². The topological polar surface area (TPSA) is 57.7 Å². The van der Waals surface area contributed by atoms with Crippen molar-refractivity contribution >= 4 is 5.82 Å². The van der Waals surface area contributed by atoms with Crippen LogP contribution < -0.4 is 4.90 Å². The molecule has 21 heavy (non-hydrogen) atoms. The maximum absolute atomic E-state index is 9.13. The van der Waals surface area contributed by atoms with Crippen LogP contribution in [-0.4, -0.2) is 27.6 Å². The van der Waals surface area contributed by atoms with E-state index in [0.29, 0.717) is 17.4 Å². The molecule has 0 aliphatic carbocycles. The van der Waals surface area contributed by atoms with Crippen LogP contribution >= 0.6 is 0 Å². The lowest BCUT2D eigenvalue weighted by Crippen LogP contribution is -2.49. The molecular weight excluding hydrogens is 262 g/mol. The maximum Gasteiger partial charge on any atom is 0.146 e. The molecule has 0 amide bonds. The quantitative estimate of drug-likeness (QED) is 0.863. The van der Waals surface area contributed by atoms with Crippen LogP contribution in [0.5, 0.6) is 0 Å². The molecule has 0 atom stereocenters. The highest BCUT2D eigenvalue weighted by molar-refractivity contribution is 5.55. The van der Waals surface area contributed by atoms with Gasteiger partial charge in [-0.2, -0.15) is 5.26 Å². The lowest BCUT2D eigenvalue weighted by molar-refractivity contribution is 0.348. The summed E-state index contributed by atoms with van der Waals surface area (Å²) < 4.78 is 2.25. The number of nitriles is 1. The third-order valence-electron chi connectivity index (χ3n) is 3.88. The van der Waals surface area contributed by atoms with Crippen LogP contribution in [0, 0.1) is 17.2 Å². The standard InChI is InChI=1S/C16H19N5/c1-12(2)15-19-6-7-20(15)9-13-10-21(11-13)16-14(8-17)4-3-5-18-16/h3-7,12-13H,9-11H2,1-2H3. The molecule has 0 bridgehead atoms. The van der Waals surface area contributed by atoms with Gasteiger partial charge in [-0.25, -0.2) is 9.97 Å². The molecular formula is C16H19N5. The van der Waals surface area contributed by atoms with Gasteiger partial charge in [0.15, 0.2) is 0 Å². The number of anilines is 1. The van der Waals surface area contributed by atoms with Crippen molar-refractivity contribution in [2.24, 2.45) is 5.92 Å². The molecule has 108 valence electrons. The fraction of sp³-hybridized carbons (Fsp3) is 0.438. The minimum absolute atomic E-state index is 0.442. The first kappa shape index (κ1) is 13.6. The molecule has 5 nitrogen and oxygen atoms in total. The number of nitrogens with zero attached hydrogens (tertiary/aromatic N) is 5. The van der Waals surface area contributed by atoms with E-state index in [-0.39, 0.29) is 0 Å². The van der Waals surface area contributed by atoms with Crippen LogP contribution in [0.1, 0.15) is 31.2 Å². The van der Waals surface area contributed by atoms with Gasteiger partial charge >= 0.3 is 0 Å². The fourth-order valence-electron chi connectivity index (χ4n) is 2.85. The van der Waals surface area contributed by atoms with Crippen molar-refractivity contribution in [2.45, 2.75) is 26.3 Å². The van der Waals surface area contributed by atoms with E-state index in [0.717, 1.165) is 31.3 Å². The Kier molecular flexibility index (Phi) is 3.61. The van der Waals surface area contributed by atoms with Crippen LogP contribution in [0.3, 0.4) is 0 Å². The molecule has 1 saturated heterocycles. The van der Waals surface area contributed by atoms with Crippen LogP contribution in [0.2, 0.25) is 0 Å². The molecule has 0 aromatic carbocycles. The lowest BCUT2D eigenvalue weighted by atomic mass is 9.99. The summed E-state index contributed by atoms with van der Waals surface area (Å²) in [6.07, 6.45) is 5.67. The summed E-state index contributed by atoms with van der Waals surface area (Å²) in [5.74, 6) is 2.98. The summed E-state index contributed by atoms with van der Waals surface area (Å²) >= 11 is 0. The van der Waals surface area contributed by atoms with E-state index in [2.05, 4.69) is 45.5 Å². The minimum Gasteiger partial charge on any atom is -0.355 e. The SMILES string of the molecule is CC(C)c1nccn1CC1CN(c2ncccc2C#N)C1. The van der Waals surface area contributed by atoms with Crippen LogP contribution in [-0.2, 0) is 6.54 Å². The summed E-state index contributed by atoms with van der Waals surface area (Å²) in [6.45, 7) is 7.21. The van der Waals surface area contributed by atoms with Crippen molar-refractivity contribution < 1.29 is 0 Å². The molecule has 1 aliphatic heterocycles. The zero-order chi connectivity index (χ0) is 14.8. The average molecular weight is 281 g/mol. The predicted molar refractivity (Wildman–Crippen MR) is 81.0 cm³/mol. The van der Waals surface area contributed by atoms with E-state index in [1.165, 1.54) is 0 Å². The van der Waals surface area contributed by atoms with Crippen molar-refractivity contribution in [1.82, 2.24) is 14.5 Å². The average Bonchev–Trinajstić information content (AvgIpc) is 2.91. The Morgan fingerprint density at radius 1 is 1.33 bits per heavy atom. The van der Waals surface area contributed by atoms with E-state index in [1.807, 2.05) is 12.3 Å². The van der Waals surface area contributed by atoms with Gasteiger partial charge in [-0.3, -0.25) is 0 Å². The molecule has 5 heteroatoms. The molecule has 0 spiro atoms. The zero-order valence-corrected chi connectivity index (χ0v) is 12.4. The second-order valence-corrected chi connectivity index (χ2v) is 5.85. The van der Waals surface area contributed by atoms with Crippen LogP contribution in [0.15, 0.2) is 30.7 Å². The molecule has 0 saturated carbocycles. The first-order valence-corrected chi connectivity index (χ1v) is 7.30. The van der Waals surface area contributed by atoms with E-state index in [9.17, 15) is 0 Å². The van der Waals surface area contributed by atoms with Gasteiger partial charge in [0.2, 0.25) is 0 Å². The minimum atomic E-state index is 0.442.